The molecule has 2 aromatic carbocycles. The number of hydrogen-bond acceptors (Lipinski definition) is 5. The van der Waals surface area contributed by atoms with Gasteiger partial charge in [0, 0.05) is 11.5 Å². The summed E-state index contributed by atoms with van der Waals surface area (Å²) in [5.41, 5.74) is 3.63. The fraction of sp³-hybridized carbons (Fsp3) is 0.160. The molecule has 2 aromatic heterocycles. The average molecular weight is 406 g/mol. The lowest BCUT2D eigenvalue weighted by molar-refractivity contribution is -0.124. The Labute approximate surface area is 177 Å². The van der Waals surface area contributed by atoms with Crippen LogP contribution in [0.4, 0.5) is 0 Å². The summed E-state index contributed by atoms with van der Waals surface area (Å²) in [4.78, 5) is 42.7. The second kappa shape index (κ2) is 6.04. The summed E-state index contributed by atoms with van der Waals surface area (Å²) >= 11 is 0. The zero-order chi connectivity index (χ0) is 21.3. The number of carbonyl (C=O) groups is 2. The number of aromatic nitrogens is 4. The summed E-state index contributed by atoms with van der Waals surface area (Å²) in [6.45, 7) is 3.76. The number of aromatic amines is 1. The van der Waals surface area contributed by atoms with Gasteiger partial charge in [-0.3, -0.25) is 9.59 Å². The highest BCUT2D eigenvalue weighted by molar-refractivity contribution is 6.22. The molecular formula is C25H18N4O2. The Bertz CT molecular complexity index is 1570. The van der Waals surface area contributed by atoms with Crippen molar-refractivity contribution in [3.8, 4) is 11.1 Å². The first-order valence-electron chi connectivity index (χ1n) is 10.2. The van der Waals surface area contributed by atoms with Crippen molar-refractivity contribution in [3.63, 3.8) is 0 Å². The van der Waals surface area contributed by atoms with Gasteiger partial charge in [0.05, 0.1) is 12.5 Å². The Balaban J connectivity index is 1.68. The number of hydrogen-bond donors (Lipinski definition) is 1. The van der Waals surface area contributed by atoms with Gasteiger partial charge in [0.1, 0.15) is 16.8 Å². The van der Waals surface area contributed by atoms with E-state index >= 15 is 0 Å². The van der Waals surface area contributed by atoms with Crippen LogP contribution in [0.2, 0.25) is 0 Å². The third-order valence-corrected chi connectivity index (χ3v) is 6.53. The third-order valence-electron chi connectivity index (χ3n) is 6.53. The summed E-state index contributed by atoms with van der Waals surface area (Å²) in [6, 6.07) is 11.6. The van der Waals surface area contributed by atoms with Crippen molar-refractivity contribution < 1.29 is 9.59 Å². The number of nitrogens with zero attached hydrogens (tertiary/aromatic N) is 3. The normalized spacial score (nSPS) is 21.7. The SMILES string of the molecule is CC1C=c2c(ccc3c2=CC(=O)c2ccccc2-3)C(C)(c2ncc3[nH]cnc3n2)C1=O. The molecule has 1 N–H and O–H groups in total. The first-order valence-corrected chi connectivity index (χ1v) is 10.2. The minimum Gasteiger partial charge on any atom is -0.342 e. The molecule has 6 heteroatoms. The number of Topliss-reactive ketones (excluding diaryl/α,β-unsaturated/α-hetero) is 2. The van der Waals surface area contributed by atoms with Crippen molar-refractivity contribution in [3.05, 3.63) is 76.3 Å². The summed E-state index contributed by atoms with van der Waals surface area (Å²) in [5, 5.41) is 1.76. The van der Waals surface area contributed by atoms with Crippen LogP contribution in [0.15, 0.2) is 48.9 Å². The van der Waals surface area contributed by atoms with Gasteiger partial charge in [0.15, 0.2) is 17.2 Å². The van der Waals surface area contributed by atoms with Gasteiger partial charge in [0.25, 0.3) is 0 Å². The van der Waals surface area contributed by atoms with Crippen molar-refractivity contribution in [1.29, 1.82) is 0 Å². The molecule has 6 nitrogen and oxygen atoms in total. The van der Waals surface area contributed by atoms with Gasteiger partial charge in [-0.1, -0.05) is 49.4 Å². The van der Waals surface area contributed by atoms with Gasteiger partial charge in [-0.2, -0.15) is 0 Å². The second-order valence-electron chi connectivity index (χ2n) is 8.32. The molecule has 2 aliphatic carbocycles. The molecule has 0 bridgehead atoms. The number of benzene rings is 2. The number of imidazole rings is 1. The fourth-order valence-corrected chi connectivity index (χ4v) is 4.91. The highest BCUT2D eigenvalue weighted by Crippen LogP contribution is 2.35. The molecule has 31 heavy (non-hydrogen) atoms. The van der Waals surface area contributed by atoms with Crippen LogP contribution < -0.4 is 10.4 Å². The lowest BCUT2D eigenvalue weighted by atomic mass is 9.68. The van der Waals surface area contributed by atoms with Gasteiger partial charge in [-0.15, -0.1) is 0 Å². The maximum Gasteiger partial charge on any atom is 0.187 e. The molecule has 4 aromatic rings. The Hall–Kier alpha value is -3.93. The second-order valence-corrected chi connectivity index (χ2v) is 8.32. The lowest BCUT2D eigenvalue weighted by Gasteiger charge is -2.33. The quantitative estimate of drug-likeness (QED) is 0.524. The molecule has 0 saturated heterocycles. The van der Waals surface area contributed by atoms with E-state index in [4.69, 9.17) is 0 Å². The number of fused-ring (bicyclic) bond motifs is 6. The monoisotopic (exact) mass is 406 g/mol. The Morgan fingerprint density at radius 3 is 2.61 bits per heavy atom. The highest BCUT2D eigenvalue weighted by atomic mass is 16.1. The van der Waals surface area contributed by atoms with Crippen LogP contribution in [0, 0.1) is 5.92 Å². The molecule has 0 fully saturated rings. The molecule has 150 valence electrons. The van der Waals surface area contributed by atoms with Crippen molar-refractivity contribution in [2.75, 3.05) is 0 Å². The lowest BCUT2D eigenvalue weighted by Crippen LogP contribution is -2.50. The zero-order valence-corrected chi connectivity index (χ0v) is 17.0. The number of ketones is 2. The van der Waals surface area contributed by atoms with Crippen LogP contribution in [0.5, 0.6) is 0 Å². The molecule has 0 amide bonds. The van der Waals surface area contributed by atoms with E-state index in [9.17, 15) is 9.59 Å². The molecule has 0 radical (unpaired) electrons. The number of carbonyl (C=O) groups excluding carboxylic acids is 2. The Morgan fingerprint density at radius 2 is 1.77 bits per heavy atom. The van der Waals surface area contributed by atoms with Crippen LogP contribution >= 0.6 is 0 Å². The minimum absolute atomic E-state index is 0.0228. The van der Waals surface area contributed by atoms with Crippen LogP contribution in [0.25, 0.3) is 34.4 Å². The minimum atomic E-state index is -1.04. The smallest absolute Gasteiger partial charge is 0.187 e. The highest BCUT2D eigenvalue weighted by Gasteiger charge is 2.45. The van der Waals surface area contributed by atoms with Crippen molar-refractivity contribution in [1.82, 2.24) is 19.9 Å². The van der Waals surface area contributed by atoms with Crippen LogP contribution in [0.3, 0.4) is 0 Å². The fourth-order valence-electron chi connectivity index (χ4n) is 4.91. The van der Waals surface area contributed by atoms with Crippen molar-refractivity contribution in [2.24, 2.45) is 5.92 Å². The largest absolute Gasteiger partial charge is 0.342 e. The first-order chi connectivity index (χ1) is 15.0. The van der Waals surface area contributed by atoms with Crippen LogP contribution in [-0.2, 0) is 10.2 Å². The molecule has 0 saturated carbocycles. The standard InChI is InChI=1S/C25H18N4O2/c1-13-9-18-17-10-21(30)16-6-4-3-5-14(16)15(17)7-8-19(18)25(2,22(13)31)24-26-11-20-23(29-24)28-12-27-20/h3-13H,1-2H3,(H,26,27,28,29). The van der Waals surface area contributed by atoms with E-state index in [1.165, 1.54) is 0 Å². The van der Waals surface area contributed by atoms with E-state index in [1.807, 2.05) is 56.3 Å². The van der Waals surface area contributed by atoms with Crippen LogP contribution in [-0.4, -0.2) is 31.5 Å². The molecule has 2 atom stereocenters. The Kier molecular flexibility index (Phi) is 3.49. The van der Waals surface area contributed by atoms with Gasteiger partial charge in [-0.05, 0) is 40.1 Å². The summed E-state index contributed by atoms with van der Waals surface area (Å²) in [6.07, 6.45) is 6.87. The first kappa shape index (κ1) is 17.9. The molecule has 2 unspecified atom stereocenters. The van der Waals surface area contributed by atoms with E-state index in [-0.39, 0.29) is 17.5 Å². The predicted octanol–water partition coefficient (Wildman–Crippen LogP) is 2.30. The van der Waals surface area contributed by atoms with E-state index in [2.05, 4.69) is 19.9 Å². The van der Waals surface area contributed by atoms with E-state index < -0.39 is 5.41 Å². The van der Waals surface area contributed by atoms with Gasteiger partial charge < -0.3 is 4.98 Å². The Morgan fingerprint density at radius 1 is 0.968 bits per heavy atom. The van der Waals surface area contributed by atoms with Gasteiger partial charge in [-0.25, -0.2) is 15.0 Å². The summed E-state index contributed by atoms with van der Waals surface area (Å²) in [7, 11) is 0. The molecule has 0 spiro atoms. The third kappa shape index (κ3) is 2.30. The topological polar surface area (TPSA) is 88.6 Å². The summed E-state index contributed by atoms with van der Waals surface area (Å²) in [5.74, 6) is 0.0756. The molecule has 2 aliphatic rings. The number of nitrogens with one attached hydrogen (secondary N) is 1. The molecule has 0 aliphatic heterocycles. The molecular weight excluding hydrogens is 388 g/mol. The van der Waals surface area contributed by atoms with E-state index in [1.54, 1.807) is 18.6 Å². The van der Waals surface area contributed by atoms with Gasteiger partial charge in [0.2, 0.25) is 0 Å². The number of rotatable bonds is 1. The zero-order valence-electron chi connectivity index (χ0n) is 17.0. The van der Waals surface area contributed by atoms with E-state index in [0.717, 1.165) is 32.6 Å². The molecule has 2 heterocycles. The number of H-pyrrole nitrogens is 1. The maximum atomic E-state index is 13.5. The summed E-state index contributed by atoms with van der Waals surface area (Å²) < 4.78 is 0. The molecule has 6 rings (SSSR count). The van der Waals surface area contributed by atoms with E-state index in [0.29, 0.717) is 17.0 Å². The van der Waals surface area contributed by atoms with Crippen molar-refractivity contribution in [2.45, 2.75) is 19.3 Å². The van der Waals surface area contributed by atoms with Gasteiger partial charge >= 0.3 is 0 Å². The maximum absolute atomic E-state index is 13.5. The van der Waals surface area contributed by atoms with Crippen LogP contribution in [0.1, 0.15) is 35.6 Å². The van der Waals surface area contributed by atoms with Crippen molar-refractivity contribution >= 4 is 34.9 Å². The predicted molar refractivity (Wildman–Crippen MR) is 117 cm³/mol. The average Bonchev–Trinajstić information content (AvgIpc) is 3.26.